The first-order valence-corrected chi connectivity index (χ1v) is 10.7. The molecule has 0 aliphatic carbocycles. The first kappa shape index (κ1) is 20.1. The van der Waals surface area contributed by atoms with Crippen molar-refractivity contribution >= 4 is 5.91 Å². The van der Waals surface area contributed by atoms with E-state index in [0.29, 0.717) is 0 Å². The zero-order valence-corrected chi connectivity index (χ0v) is 18.1. The second kappa shape index (κ2) is 7.92. The van der Waals surface area contributed by atoms with Crippen molar-refractivity contribution in [3.63, 3.8) is 0 Å². The van der Waals surface area contributed by atoms with E-state index in [0.717, 1.165) is 56.8 Å². The lowest BCUT2D eigenvalue weighted by molar-refractivity contribution is -0.144. The van der Waals surface area contributed by atoms with Crippen molar-refractivity contribution in [3.05, 3.63) is 47.3 Å². The number of carbonyl (C=O) groups excluding carboxylic acids is 1. The first-order valence-electron chi connectivity index (χ1n) is 10.7. The number of benzene rings is 1. The van der Waals surface area contributed by atoms with Crippen LogP contribution in [-0.4, -0.2) is 65.3 Å². The second-order valence-electron chi connectivity index (χ2n) is 8.73. The van der Waals surface area contributed by atoms with Crippen LogP contribution in [0.2, 0.25) is 0 Å². The third-order valence-electron chi connectivity index (χ3n) is 7.05. The van der Waals surface area contributed by atoms with E-state index in [1.807, 2.05) is 22.9 Å². The second-order valence-corrected chi connectivity index (χ2v) is 8.73. The van der Waals surface area contributed by atoms with Gasteiger partial charge in [-0.1, -0.05) is 18.2 Å². The number of hydrogen-bond acceptors (Lipinski definition) is 4. The summed E-state index contributed by atoms with van der Waals surface area (Å²) in [5.41, 5.74) is 4.38. The maximum absolute atomic E-state index is 13.0. The van der Waals surface area contributed by atoms with E-state index < -0.39 is 0 Å². The number of para-hydroxylation sites is 1. The van der Waals surface area contributed by atoms with Gasteiger partial charge in [0.25, 0.3) is 0 Å². The molecule has 0 saturated carbocycles. The van der Waals surface area contributed by atoms with Gasteiger partial charge in [0, 0.05) is 37.4 Å². The monoisotopic (exact) mass is 395 g/mol. The molecule has 29 heavy (non-hydrogen) atoms. The molecule has 0 unspecified atom stereocenters. The Balaban J connectivity index is 1.65. The topological polar surface area (TPSA) is 53.4 Å². The van der Waals surface area contributed by atoms with E-state index in [-0.39, 0.29) is 17.4 Å². The predicted molar refractivity (Wildman–Crippen MR) is 115 cm³/mol. The fraction of sp³-hybridized carbons (Fsp3) is 0.565. The Labute approximate surface area is 173 Å². The summed E-state index contributed by atoms with van der Waals surface area (Å²) in [6, 6.07) is 10.6. The Morgan fingerprint density at radius 3 is 2.69 bits per heavy atom. The van der Waals surface area contributed by atoms with Crippen molar-refractivity contribution in [2.75, 3.05) is 33.7 Å². The molecule has 1 aromatic heterocycles. The van der Waals surface area contributed by atoms with Gasteiger partial charge in [0.05, 0.1) is 16.8 Å². The van der Waals surface area contributed by atoms with Crippen molar-refractivity contribution in [2.24, 2.45) is 5.41 Å². The number of likely N-dealkylation sites (N-methyl/N-ethyl adjacent to an activating group) is 1. The smallest absolute Gasteiger partial charge is 0.227 e. The van der Waals surface area contributed by atoms with Gasteiger partial charge in [-0.3, -0.25) is 9.69 Å². The maximum atomic E-state index is 13.0. The van der Waals surface area contributed by atoms with E-state index in [4.69, 9.17) is 5.10 Å². The largest absolute Gasteiger partial charge is 0.359 e. The SMILES string of the molecule is CNC(=O)[C@@]12CCCN(Cc3c(C)nn(-c4ccccc4)c3C)[C@H]1CN(C)CC2. The fourth-order valence-electron chi connectivity index (χ4n) is 5.37. The number of carbonyl (C=O) groups is 1. The molecule has 3 heterocycles. The van der Waals surface area contributed by atoms with Crippen LogP contribution in [-0.2, 0) is 11.3 Å². The van der Waals surface area contributed by atoms with Crippen LogP contribution in [0, 0.1) is 19.3 Å². The van der Waals surface area contributed by atoms with Crippen molar-refractivity contribution in [1.29, 1.82) is 0 Å². The van der Waals surface area contributed by atoms with Crippen molar-refractivity contribution in [1.82, 2.24) is 24.9 Å². The molecule has 6 nitrogen and oxygen atoms in total. The molecule has 6 heteroatoms. The molecule has 1 N–H and O–H groups in total. The molecule has 1 amide bonds. The van der Waals surface area contributed by atoms with Gasteiger partial charge in [0.1, 0.15) is 0 Å². The molecular weight excluding hydrogens is 362 g/mol. The van der Waals surface area contributed by atoms with Gasteiger partial charge in [-0.2, -0.15) is 5.10 Å². The Morgan fingerprint density at radius 1 is 1.21 bits per heavy atom. The molecule has 2 atom stereocenters. The van der Waals surface area contributed by atoms with Gasteiger partial charge in [0.2, 0.25) is 5.91 Å². The highest BCUT2D eigenvalue weighted by Crippen LogP contribution is 2.43. The van der Waals surface area contributed by atoms with E-state index in [1.165, 1.54) is 11.3 Å². The number of hydrogen-bond donors (Lipinski definition) is 1. The number of aromatic nitrogens is 2. The summed E-state index contributed by atoms with van der Waals surface area (Å²) in [5.74, 6) is 0.216. The lowest BCUT2D eigenvalue weighted by Gasteiger charge is -2.53. The number of rotatable bonds is 4. The Hall–Kier alpha value is -2.18. The predicted octanol–water partition coefficient (Wildman–Crippen LogP) is 2.52. The lowest BCUT2D eigenvalue weighted by atomic mass is 9.67. The third kappa shape index (κ3) is 3.49. The van der Waals surface area contributed by atoms with E-state index in [2.05, 4.69) is 48.1 Å². The number of nitrogens with zero attached hydrogens (tertiary/aromatic N) is 4. The molecule has 2 saturated heterocycles. The molecule has 4 rings (SSSR count). The Kier molecular flexibility index (Phi) is 5.49. The molecule has 0 bridgehead atoms. The molecule has 0 spiro atoms. The summed E-state index contributed by atoms with van der Waals surface area (Å²) < 4.78 is 2.05. The van der Waals surface area contributed by atoms with Crippen molar-refractivity contribution in [2.45, 2.75) is 45.7 Å². The highest BCUT2D eigenvalue weighted by Gasteiger charge is 2.51. The summed E-state index contributed by atoms with van der Waals surface area (Å²) >= 11 is 0. The van der Waals surface area contributed by atoms with Gasteiger partial charge >= 0.3 is 0 Å². The van der Waals surface area contributed by atoms with E-state index in [1.54, 1.807) is 7.05 Å². The molecule has 2 aliphatic rings. The number of fused-ring (bicyclic) bond motifs is 1. The lowest BCUT2D eigenvalue weighted by Crippen LogP contribution is -2.64. The average Bonchev–Trinajstić information content (AvgIpc) is 3.02. The van der Waals surface area contributed by atoms with Crippen LogP contribution in [0.4, 0.5) is 0 Å². The van der Waals surface area contributed by atoms with Crippen LogP contribution in [0.3, 0.4) is 0 Å². The minimum Gasteiger partial charge on any atom is -0.359 e. The van der Waals surface area contributed by atoms with Crippen molar-refractivity contribution < 1.29 is 4.79 Å². The molecule has 2 aromatic rings. The van der Waals surface area contributed by atoms with Crippen LogP contribution < -0.4 is 5.32 Å². The molecular formula is C23H33N5O. The van der Waals surface area contributed by atoms with Crippen LogP contribution in [0.5, 0.6) is 0 Å². The summed E-state index contributed by atoms with van der Waals surface area (Å²) in [6.07, 6.45) is 2.99. The van der Waals surface area contributed by atoms with Gasteiger partial charge in [-0.05, 0) is 65.4 Å². The standard InChI is InChI=1S/C23H33N5O/c1-17-20(18(2)28(25-17)19-9-6-5-7-10-19)15-27-13-8-11-23(22(29)24-3)12-14-26(4)16-21(23)27/h5-7,9-10,21H,8,11-16H2,1-4H3,(H,24,29)/t21-,23+/m0/s1. The zero-order valence-electron chi connectivity index (χ0n) is 18.1. The molecule has 0 radical (unpaired) electrons. The minimum absolute atomic E-state index is 0.216. The number of amides is 1. The quantitative estimate of drug-likeness (QED) is 0.864. The van der Waals surface area contributed by atoms with Crippen LogP contribution in [0.25, 0.3) is 5.69 Å². The molecule has 1 aromatic carbocycles. The summed E-state index contributed by atoms with van der Waals surface area (Å²) in [5, 5.41) is 7.81. The fourth-order valence-corrected chi connectivity index (χ4v) is 5.37. The number of likely N-dealkylation sites (tertiary alicyclic amines) is 2. The maximum Gasteiger partial charge on any atom is 0.227 e. The first-order chi connectivity index (χ1) is 14.0. The van der Waals surface area contributed by atoms with E-state index in [9.17, 15) is 4.79 Å². The molecule has 2 fully saturated rings. The number of piperidine rings is 2. The normalized spacial score (nSPS) is 25.6. The Bertz CT molecular complexity index is 877. The summed E-state index contributed by atoms with van der Waals surface area (Å²) in [6.45, 7) is 8.07. The highest BCUT2D eigenvalue weighted by atomic mass is 16.2. The number of aryl methyl sites for hydroxylation is 1. The average molecular weight is 396 g/mol. The van der Waals surface area contributed by atoms with Gasteiger partial charge in [-0.15, -0.1) is 0 Å². The highest BCUT2D eigenvalue weighted by molar-refractivity contribution is 5.83. The van der Waals surface area contributed by atoms with Crippen LogP contribution in [0.15, 0.2) is 30.3 Å². The Morgan fingerprint density at radius 2 is 1.97 bits per heavy atom. The summed E-state index contributed by atoms with van der Waals surface area (Å²) in [7, 11) is 3.95. The molecule has 156 valence electrons. The van der Waals surface area contributed by atoms with Crippen LogP contribution in [0.1, 0.15) is 36.2 Å². The number of nitrogens with one attached hydrogen (secondary N) is 1. The zero-order chi connectivity index (χ0) is 20.6. The summed E-state index contributed by atoms with van der Waals surface area (Å²) in [4.78, 5) is 17.9. The van der Waals surface area contributed by atoms with E-state index >= 15 is 0 Å². The minimum atomic E-state index is -0.267. The van der Waals surface area contributed by atoms with Gasteiger partial charge in [-0.25, -0.2) is 4.68 Å². The van der Waals surface area contributed by atoms with Gasteiger partial charge < -0.3 is 10.2 Å². The van der Waals surface area contributed by atoms with Crippen LogP contribution >= 0.6 is 0 Å². The van der Waals surface area contributed by atoms with Crippen molar-refractivity contribution in [3.8, 4) is 5.69 Å². The van der Waals surface area contributed by atoms with Gasteiger partial charge in [0.15, 0.2) is 0 Å². The molecule has 2 aliphatic heterocycles. The third-order valence-corrected chi connectivity index (χ3v) is 7.05.